The third-order valence-corrected chi connectivity index (χ3v) is 3.76. The van der Waals surface area contributed by atoms with Gasteiger partial charge in [-0.05, 0) is 37.6 Å². The van der Waals surface area contributed by atoms with Crippen molar-refractivity contribution in [1.82, 2.24) is 10.2 Å². The summed E-state index contributed by atoms with van der Waals surface area (Å²) in [6.45, 7) is 2.01. The van der Waals surface area contributed by atoms with Crippen molar-refractivity contribution >= 4 is 11.7 Å². The van der Waals surface area contributed by atoms with Gasteiger partial charge in [0.15, 0.2) is 0 Å². The summed E-state index contributed by atoms with van der Waals surface area (Å²) in [7, 11) is 0. The van der Waals surface area contributed by atoms with Crippen LogP contribution >= 0.6 is 0 Å². The van der Waals surface area contributed by atoms with Crippen LogP contribution in [-0.2, 0) is 6.54 Å². The molecule has 1 aromatic rings. The number of halogens is 2. The zero-order chi connectivity index (χ0) is 13.4. The number of rotatable bonds is 1. The van der Waals surface area contributed by atoms with E-state index in [0.717, 1.165) is 32.0 Å². The molecule has 2 amide bonds. The van der Waals surface area contributed by atoms with E-state index in [9.17, 15) is 13.7 Å². The number of anilines is 1. The van der Waals surface area contributed by atoms with Crippen LogP contribution in [0.2, 0.25) is 0 Å². The van der Waals surface area contributed by atoms with E-state index in [0.29, 0.717) is 12.1 Å². The number of benzene rings is 1. The van der Waals surface area contributed by atoms with Crippen LogP contribution in [0.5, 0.6) is 0 Å². The maximum absolute atomic E-state index is 14.0. The molecule has 6 heteroatoms. The lowest BCUT2D eigenvalue weighted by molar-refractivity contribution is 0.143. The van der Waals surface area contributed by atoms with E-state index in [2.05, 4.69) is 5.32 Å². The normalized spacial score (nSPS) is 20.6. The molecule has 0 atom stereocenters. The van der Waals surface area contributed by atoms with Gasteiger partial charge in [0, 0.05) is 18.7 Å². The maximum Gasteiger partial charge on any atom is 0.353 e. The summed E-state index contributed by atoms with van der Waals surface area (Å²) in [5, 5.41) is 3.27. The Morgan fingerprint density at radius 2 is 2.00 bits per heavy atom. The predicted molar refractivity (Wildman–Crippen MR) is 66.8 cm³/mol. The predicted octanol–water partition coefficient (Wildman–Crippen LogP) is 2.20. The summed E-state index contributed by atoms with van der Waals surface area (Å²) in [5.74, 6) is -0.537. The monoisotopic (exact) mass is 267 g/mol. The molecule has 19 heavy (non-hydrogen) atoms. The quantitative estimate of drug-likeness (QED) is 0.792. The highest BCUT2D eigenvalue weighted by Gasteiger charge is 2.35. The number of hydrogen-bond donors (Lipinski definition) is 1. The number of carbonyl (C=O) groups excluding carboxylic acids is 1. The van der Waals surface area contributed by atoms with E-state index in [1.807, 2.05) is 0 Å². The lowest BCUT2D eigenvalue weighted by atomic mass is 10.0. The van der Waals surface area contributed by atoms with Gasteiger partial charge in [-0.3, -0.25) is 0 Å². The summed E-state index contributed by atoms with van der Waals surface area (Å²) >= 11 is 0. The molecule has 1 N–H and O–H groups in total. The summed E-state index contributed by atoms with van der Waals surface area (Å²) in [5.41, 5.74) is 0.664. The topological polar surface area (TPSA) is 35.6 Å². The minimum Gasteiger partial charge on any atom is -0.317 e. The minimum absolute atomic E-state index is 0.0233. The van der Waals surface area contributed by atoms with E-state index < -0.39 is 11.8 Å². The molecule has 1 fully saturated rings. The van der Waals surface area contributed by atoms with Gasteiger partial charge in [0.25, 0.3) is 0 Å². The zero-order valence-corrected chi connectivity index (χ0v) is 10.4. The average Bonchev–Trinajstić information content (AvgIpc) is 2.44. The Bertz CT molecular complexity index is 503. The van der Waals surface area contributed by atoms with Crippen molar-refractivity contribution in [1.29, 1.82) is 0 Å². The van der Waals surface area contributed by atoms with Crippen LogP contribution in [0.15, 0.2) is 18.2 Å². The third-order valence-electron chi connectivity index (χ3n) is 3.76. The number of urea groups is 1. The van der Waals surface area contributed by atoms with Gasteiger partial charge in [-0.25, -0.2) is 9.18 Å². The van der Waals surface area contributed by atoms with E-state index in [1.54, 1.807) is 4.90 Å². The molecule has 0 radical (unpaired) electrons. The molecule has 4 nitrogen and oxygen atoms in total. The lowest BCUT2D eigenvalue weighted by Gasteiger charge is -2.39. The van der Waals surface area contributed by atoms with Crippen molar-refractivity contribution in [3.8, 4) is 0 Å². The summed E-state index contributed by atoms with van der Waals surface area (Å²) < 4.78 is 27.1. The number of carbonyl (C=O) groups is 1. The summed E-state index contributed by atoms with van der Waals surface area (Å²) in [4.78, 5) is 13.6. The first-order valence-electron chi connectivity index (χ1n) is 6.42. The standard InChI is InChI=1S/C13H15F2N3O/c14-10-2-1-9-8-17(11-3-5-16-6-4-11)13(19)18(15)12(9)7-10/h1-2,7,11,16H,3-6,8H2. The van der Waals surface area contributed by atoms with E-state index in [4.69, 9.17) is 0 Å². The van der Waals surface area contributed by atoms with Crippen molar-refractivity contribution in [2.45, 2.75) is 25.4 Å². The fourth-order valence-corrected chi connectivity index (χ4v) is 2.72. The van der Waals surface area contributed by atoms with Gasteiger partial charge >= 0.3 is 6.03 Å². The Labute approximate surface area is 109 Å². The van der Waals surface area contributed by atoms with Crippen molar-refractivity contribution < 1.29 is 13.7 Å². The smallest absolute Gasteiger partial charge is 0.317 e. The van der Waals surface area contributed by atoms with Crippen molar-refractivity contribution in [3.05, 3.63) is 29.6 Å². The average molecular weight is 267 g/mol. The largest absolute Gasteiger partial charge is 0.353 e. The molecule has 3 rings (SSSR count). The Balaban J connectivity index is 1.89. The first-order valence-corrected chi connectivity index (χ1v) is 6.42. The number of piperidine rings is 1. The molecule has 2 aliphatic heterocycles. The van der Waals surface area contributed by atoms with Crippen molar-refractivity contribution in [2.75, 3.05) is 18.2 Å². The van der Waals surface area contributed by atoms with Gasteiger partial charge < -0.3 is 10.2 Å². The van der Waals surface area contributed by atoms with Gasteiger partial charge in [0.1, 0.15) is 5.82 Å². The second-order valence-electron chi connectivity index (χ2n) is 4.95. The van der Waals surface area contributed by atoms with Crippen LogP contribution in [-0.4, -0.2) is 30.1 Å². The molecule has 0 saturated carbocycles. The summed E-state index contributed by atoms with van der Waals surface area (Å²) in [6, 6.07) is 3.25. The number of amides is 2. The molecular weight excluding hydrogens is 252 g/mol. The molecule has 2 heterocycles. The molecule has 0 aromatic heterocycles. The highest BCUT2D eigenvalue weighted by molar-refractivity contribution is 5.92. The fourth-order valence-electron chi connectivity index (χ4n) is 2.72. The molecule has 1 aromatic carbocycles. The molecule has 0 bridgehead atoms. The number of fused-ring (bicyclic) bond motifs is 1. The molecule has 1 saturated heterocycles. The number of nitrogens with zero attached hydrogens (tertiary/aromatic N) is 2. The van der Waals surface area contributed by atoms with Gasteiger partial charge in [0.2, 0.25) is 0 Å². The van der Waals surface area contributed by atoms with Gasteiger partial charge in [-0.2, -0.15) is 0 Å². The SMILES string of the molecule is O=C1N(F)c2cc(F)ccc2CN1C1CCNCC1. The fraction of sp³-hybridized carbons (Fsp3) is 0.462. The Morgan fingerprint density at radius 1 is 1.26 bits per heavy atom. The Hall–Kier alpha value is -1.69. The second-order valence-corrected chi connectivity index (χ2v) is 4.95. The van der Waals surface area contributed by atoms with Crippen molar-refractivity contribution in [2.24, 2.45) is 0 Å². The second kappa shape index (κ2) is 4.77. The van der Waals surface area contributed by atoms with Crippen LogP contribution in [0.1, 0.15) is 18.4 Å². The van der Waals surface area contributed by atoms with E-state index >= 15 is 0 Å². The lowest BCUT2D eigenvalue weighted by Crippen LogP contribution is -2.51. The van der Waals surface area contributed by atoms with E-state index in [-0.39, 0.29) is 16.9 Å². The van der Waals surface area contributed by atoms with Crippen LogP contribution < -0.4 is 10.4 Å². The maximum atomic E-state index is 14.0. The van der Waals surface area contributed by atoms with Crippen LogP contribution in [0.25, 0.3) is 0 Å². The Morgan fingerprint density at radius 3 is 2.74 bits per heavy atom. The van der Waals surface area contributed by atoms with Gasteiger partial charge in [-0.15, -0.1) is 5.12 Å². The molecule has 0 unspecified atom stereocenters. The summed E-state index contributed by atoms with van der Waals surface area (Å²) in [6.07, 6.45) is 1.63. The van der Waals surface area contributed by atoms with Crippen molar-refractivity contribution in [3.63, 3.8) is 0 Å². The number of hydrogen-bond acceptors (Lipinski definition) is 2. The first kappa shape index (κ1) is 12.3. The van der Waals surface area contributed by atoms with Gasteiger partial charge in [-0.1, -0.05) is 10.5 Å². The Kier molecular flexibility index (Phi) is 3.10. The van der Waals surface area contributed by atoms with Crippen LogP contribution in [0, 0.1) is 5.82 Å². The highest BCUT2D eigenvalue weighted by atomic mass is 19.2. The number of nitrogens with one attached hydrogen (secondary N) is 1. The molecule has 2 aliphatic rings. The molecular formula is C13H15F2N3O. The van der Waals surface area contributed by atoms with Crippen LogP contribution in [0.4, 0.5) is 19.4 Å². The first-order chi connectivity index (χ1) is 9.16. The van der Waals surface area contributed by atoms with Gasteiger partial charge in [0.05, 0.1) is 5.69 Å². The van der Waals surface area contributed by atoms with E-state index in [1.165, 1.54) is 12.1 Å². The highest BCUT2D eigenvalue weighted by Crippen LogP contribution is 2.32. The molecule has 0 spiro atoms. The molecule has 102 valence electrons. The van der Waals surface area contributed by atoms with Crippen LogP contribution in [0.3, 0.4) is 0 Å². The molecule has 0 aliphatic carbocycles. The minimum atomic E-state index is -0.690. The third kappa shape index (κ3) is 2.16. The zero-order valence-electron chi connectivity index (χ0n) is 10.4.